The van der Waals surface area contributed by atoms with E-state index in [9.17, 15) is 61.1 Å². The van der Waals surface area contributed by atoms with Gasteiger partial charge in [0.2, 0.25) is 70.9 Å². The smallest absolute Gasteiger partial charge is 0.354 e. The number of fused-ring (bicyclic) bond motifs is 2. The van der Waals surface area contributed by atoms with Gasteiger partial charge in [-0.3, -0.25) is 57.5 Å². The molecule has 6 aliphatic rings. The minimum absolute atomic E-state index is 0.0156. The Hall–Kier alpha value is -7.06. The number of hydrogen-bond acceptors (Lipinski definition) is 12. The third-order valence-electron chi connectivity index (χ3n) is 22.0. The molecule has 28 heteroatoms. The number of amides is 12. The first-order valence-electron chi connectivity index (χ1n) is 36.5. The number of likely N-dealkylation sites (tertiary alicyclic amines) is 1. The van der Waals surface area contributed by atoms with E-state index in [-0.39, 0.29) is 101 Å². The van der Waals surface area contributed by atoms with Gasteiger partial charge >= 0.3 is 6.18 Å². The molecule has 0 bridgehead atoms. The largest absolute Gasteiger partial charge is 0.417 e. The van der Waals surface area contributed by atoms with Crippen LogP contribution < -0.4 is 16.0 Å². The van der Waals surface area contributed by atoms with Crippen LogP contribution >= 0.6 is 11.6 Å². The summed E-state index contributed by atoms with van der Waals surface area (Å²) in [6.45, 7) is 11.3. The van der Waals surface area contributed by atoms with Crippen molar-refractivity contribution in [3.8, 4) is 0 Å². The summed E-state index contributed by atoms with van der Waals surface area (Å²) in [5.41, 5.74) is -0.723. The Bertz CT molecular complexity index is 3110. The quantitative estimate of drug-likeness (QED) is 0.217. The molecule has 10 atom stereocenters. The molecule has 4 heterocycles. The SMILES string of the molecule is CC[C@H](C)[C@@H]1NC(=O)[C@H](CC(C)C)N(CC)C(=O)C[C@@H](C(=O)N2CCC2)N(C)C(=O)[C@H](C2CCCC2)N(C)C(=O)CCCCNC(=O)[C@@H]2CCCN2C(=O)[C@H](CCc2ccc(C(F)(F)F)c(Cl)c2)NC(=O)CN(C)C(=O)[C@H](CC2CCCCC2)N(C)C(=O)[C@@H]2CCN2C(=O)[C@H](C)N(C)C1=O. The van der Waals surface area contributed by atoms with Crippen molar-refractivity contribution in [2.45, 2.75) is 243 Å². The number of likely N-dealkylation sites (N-methyl/N-ethyl adjacent to an activating group) is 6. The molecule has 1 aromatic rings. The molecule has 0 radical (unpaired) electrons. The maximum absolute atomic E-state index is 15.2. The molecule has 4 saturated heterocycles. The minimum Gasteiger partial charge on any atom is -0.354 e. The van der Waals surface area contributed by atoms with Crippen LogP contribution in [0.3, 0.4) is 0 Å². The summed E-state index contributed by atoms with van der Waals surface area (Å²) < 4.78 is 41.3. The van der Waals surface area contributed by atoms with Gasteiger partial charge in [-0.2, -0.15) is 13.2 Å². The van der Waals surface area contributed by atoms with Crippen LogP contribution in [0.15, 0.2) is 18.2 Å². The van der Waals surface area contributed by atoms with Gasteiger partial charge in [0.05, 0.1) is 23.6 Å². The van der Waals surface area contributed by atoms with Gasteiger partial charge in [0.15, 0.2) is 0 Å². The summed E-state index contributed by atoms with van der Waals surface area (Å²) in [7, 11) is 7.36. The molecule has 24 nitrogen and oxygen atoms in total. The average molecular weight is 1430 g/mol. The standard InChI is InChI=1S/C72H110ClF3N12O12/c1-12-45(5)61-70(99)81(8)46(6)65(94)88-38-33-54(88)68(97)82(9)56(41-47-23-15-14-16-24-47)67(96)80(7)43-58(89)78-52(32-30-48-29-31-50(51(73)40-48)72(74,75)76)66(95)87-37-21-27-53(87)63(92)77-34-20-19-28-59(90)84(11)62(49-25-17-18-26-49)71(100)83(10)57(69(98)85-35-22-36-85)42-60(91)86(13-2)55(39-44(3)4)64(93)79-61/h29,31,40,44-47,49,52-57,61-62H,12-28,30,32-39,41-43H2,1-11H3,(H,77,92)(H,78,89)(H,79,93)/t45-,46-,52-,53-,54-,55-,56-,57-,61-,62-/m0/s1. The summed E-state index contributed by atoms with van der Waals surface area (Å²) in [5, 5.41) is 8.08. The number of benzene rings is 1. The molecular formula is C72H110ClF3N12O12. The lowest BCUT2D eigenvalue weighted by molar-refractivity contribution is -0.160. The van der Waals surface area contributed by atoms with Gasteiger partial charge in [0.1, 0.15) is 54.4 Å². The van der Waals surface area contributed by atoms with E-state index >= 15 is 9.59 Å². The zero-order chi connectivity index (χ0) is 73.6. The summed E-state index contributed by atoms with van der Waals surface area (Å²) in [5.74, 6) is -7.58. The fourth-order valence-electron chi connectivity index (χ4n) is 15.2. The average Bonchev–Trinajstić information content (AvgIpc) is 0.875. The molecule has 0 unspecified atom stereocenters. The van der Waals surface area contributed by atoms with E-state index in [1.807, 2.05) is 20.8 Å². The fourth-order valence-corrected chi connectivity index (χ4v) is 15.5. The third-order valence-corrected chi connectivity index (χ3v) is 22.3. The Morgan fingerprint density at radius 1 is 0.640 bits per heavy atom. The topological polar surface area (TPSA) is 270 Å². The van der Waals surface area contributed by atoms with Crippen LogP contribution in [0.5, 0.6) is 0 Å². The lowest BCUT2D eigenvalue weighted by atomic mass is 9.84. The maximum atomic E-state index is 15.2. The molecule has 1 aromatic carbocycles. The number of hydrogen-bond donors (Lipinski definition) is 3. The Morgan fingerprint density at radius 3 is 1.89 bits per heavy atom. The molecule has 6 fully saturated rings. The first kappa shape index (κ1) is 80.3. The number of rotatable bonds is 12. The summed E-state index contributed by atoms with van der Waals surface area (Å²) >= 11 is 6.12. The molecule has 558 valence electrons. The molecule has 2 aliphatic carbocycles. The van der Waals surface area contributed by atoms with Crippen molar-refractivity contribution in [1.82, 2.24) is 60.0 Å². The van der Waals surface area contributed by atoms with E-state index in [4.69, 9.17) is 11.6 Å². The Balaban J connectivity index is 1.21. The van der Waals surface area contributed by atoms with Crippen LogP contribution in [0.1, 0.15) is 188 Å². The van der Waals surface area contributed by atoms with Crippen molar-refractivity contribution in [3.05, 3.63) is 34.3 Å². The van der Waals surface area contributed by atoms with Crippen LogP contribution in [0.2, 0.25) is 5.02 Å². The van der Waals surface area contributed by atoms with Crippen LogP contribution in [-0.4, -0.2) is 250 Å². The molecule has 12 amide bonds. The highest BCUT2D eigenvalue weighted by Crippen LogP contribution is 2.37. The van der Waals surface area contributed by atoms with Crippen LogP contribution in [0.25, 0.3) is 0 Å². The second kappa shape index (κ2) is 36.2. The molecule has 2 saturated carbocycles. The van der Waals surface area contributed by atoms with Gasteiger partial charge < -0.3 is 60.0 Å². The van der Waals surface area contributed by atoms with Crippen molar-refractivity contribution < 1.29 is 70.7 Å². The highest BCUT2D eigenvalue weighted by molar-refractivity contribution is 6.31. The number of nitrogens with one attached hydrogen (secondary N) is 3. The van der Waals surface area contributed by atoms with Crippen LogP contribution in [0.4, 0.5) is 13.2 Å². The number of alkyl halides is 3. The lowest BCUT2D eigenvalue weighted by Gasteiger charge is -2.45. The van der Waals surface area contributed by atoms with Gasteiger partial charge in [-0.05, 0) is 132 Å². The van der Waals surface area contributed by atoms with Gasteiger partial charge in [-0.15, -0.1) is 0 Å². The maximum Gasteiger partial charge on any atom is 0.417 e. The first-order chi connectivity index (χ1) is 47.3. The Labute approximate surface area is 593 Å². The van der Waals surface area contributed by atoms with Crippen molar-refractivity contribution in [2.24, 2.45) is 23.7 Å². The van der Waals surface area contributed by atoms with Gasteiger partial charge in [0, 0.05) is 80.9 Å². The van der Waals surface area contributed by atoms with E-state index in [1.54, 1.807) is 25.8 Å². The molecule has 0 aromatic heterocycles. The number of aryl methyl sites for hydroxylation is 1. The van der Waals surface area contributed by atoms with E-state index in [1.165, 1.54) is 80.4 Å². The fraction of sp³-hybridized carbons (Fsp3) is 0.750. The normalized spacial score (nSPS) is 27.7. The van der Waals surface area contributed by atoms with Crippen molar-refractivity contribution in [2.75, 3.05) is 81.1 Å². The minimum atomic E-state index is -4.73. The van der Waals surface area contributed by atoms with Gasteiger partial charge in [0.25, 0.3) is 0 Å². The molecule has 3 N–H and O–H groups in total. The summed E-state index contributed by atoms with van der Waals surface area (Å²) in [6.07, 6.45) is 4.95. The van der Waals surface area contributed by atoms with E-state index in [0.717, 1.165) is 63.5 Å². The molecular weight excluding hydrogens is 1320 g/mol. The zero-order valence-corrected chi connectivity index (χ0v) is 61.4. The first-order valence-corrected chi connectivity index (χ1v) is 36.9. The highest BCUT2D eigenvalue weighted by atomic mass is 35.5. The monoisotopic (exact) mass is 1430 g/mol. The zero-order valence-electron chi connectivity index (χ0n) is 60.7. The number of carbonyl (C=O) groups is 12. The van der Waals surface area contributed by atoms with Gasteiger partial charge in [-0.25, -0.2) is 0 Å². The van der Waals surface area contributed by atoms with Crippen molar-refractivity contribution in [3.63, 3.8) is 0 Å². The van der Waals surface area contributed by atoms with Gasteiger partial charge in [-0.1, -0.05) is 96.7 Å². The Kier molecular flexibility index (Phi) is 29.0. The number of carbonyl (C=O) groups excluding carboxylic acids is 12. The lowest BCUT2D eigenvalue weighted by Crippen LogP contribution is -2.65. The number of nitrogens with zero attached hydrogens (tertiary/aromatic N) is 9. The molecule has 0 spiro atoms. The van der Waals surface area contributed by atoms with Crippen LogP contribution in [-0.2, 0) is 70.1 Å². The van der Waals surface area contributed by atoms with Crippen molar-refractivity contribution in [1.29, 1.82) is 0 Å². The van der Waals surface area contributed by atoms with Crippen molar-refractivity contribution >= 4 is 82.5 Å². The third kappa shape index (κ3) is 19.8. The van der Waals surface area contributed by atoms with E-state index in [0.29, 0.717) is 50.8 Å². The predicted molar refractivity (Wildman–Crippen MR) is 369 cm³/mol. The molecule has 4 aliphatic heterocycles. The second-order valence-electron chi connectivity index (χ2n) is 29.3. The Morgan fingerprint density at radius 2 is 1.30 bits per heavy atom. The number of halogens is 4. The summed E-state index contributed by atoms with van der Waals surface area (Å²) in [4.78, 5) is 189. The molecule has 7 rings (SSSR count). The highest BCUT2D eigenvalue weighted by Gasteiger charge is 2.48. The summed E-state index contributed by atoms with van der Waals surface area (Å²) in [6, 6.07) is -7.06. The van der Waals surface area contributed by atoms with E-state index in [2.05, 4.69) is 16.0 Å². The second-order valence-corrected chi connectivity index (χ2v) is 29.7. The van der Waals surface area contributed by atoms with Crippen LogP contribution in [0, 0.1) is 23.7 Å². The predicted octanol–water partition coefficient (Wildman–Crippen LogP) is 6.03. The molecule has 100 heavy (non-hydrogen) atoms. The van der Waals surface area contributed by atoms with E-state index < -0.39 is 155 Å².